The van der Waals surface area contributed by atoms with Gasteiger partial charge in [0.25, 0.3) is 5.69 Å². The fourth-order valence-corrected chi connectivity index (χ4v) is 5.21. The largest absolute Gasteiger partial charge is 0.497 e. The highest BCUT2D eigenvalue weighted by molar-refractivity contribution is 6.01. The molecular weight excluding hydrogens is 490 g/mol. The molecule has 1 fully saturated rings. The minimum Gasteiger partial charge on any atom is -0.497 e. The van der Waals surface area contributed by atoms with Crippen LogP contribution >= 0.6 is 0 Å². The first-order valence-corrected chi connectivity index (χ1v) is 11.9. The SMILES string of the molecule is COCC(=O)N1C(C(N)=O)C(c2ccc([N+](=O)[O-])cc2)C(C(=O)c2ccccc2)C1c1ccc(OC)cc1. The third-order valence-electron chi connectivity index (χ3n) is 6.82. The van der Waals surface area contributed by atoms with E-state index in [2.05, 4.69) is 0 Å². The second-order valence-corrected chi connectivity index (χ2v) is 8.93. The van der Waals surface area contributed by atoms with Crippen LogP contribution in [0.2, 0.25) is 0 Å². The first-order valence-electron chi connectivity index (χ1n) is 11.9. The second-order valence-electron chi connectivity index (χ2n) is 8.93. The molecule has 2 N–H and O–H groups in total. The fourth-order valence-electron chi connectivity index (χ4n) is 5.21. The van der Waals surface area contributed by atoms with E-state index in [1.807, 2.05) is 0 Å². The number of nitrogens with two attached hydrogens (primary N) is 1. The zero-order valence-electron chi connectivity index (χ0n) is 20.9. The normalized spacial score (nSPS) is 20.6. The van der Waals surface area contributed by atoms with Crippen LogP contribution in [-0.4, -0.2) is 54.3 Å². The van der Waals surface area contributed by atoms with Crippen molar-refractivity contribution < 1.29 is 28.8 Å². The molecule has 3 aromatic carbocycles. The third kappa shape index (κ3) is 4.98. The number of hydrogen-bond donors (Lipinski definition) is 1. The van der Waals surface area contributed by atoms with Gasteiger partial charge in [-0.1, -0.05) is 54.6 Å². The number of Topliss-reactive ketones (excluding diaryl/α,β-unsaturated/α-hetero) is 1. The zero-order chi connectivity index (χ0) is 27.4. The number of ether oxygens (including phenoxy) is 2. The van der Waals surface area contributed by atoms with E-state index >= 15 is 0 Å². The molecule has 0 radical (unpaired) electrons. The van der Waals surface area contributed by atoms with Crippen molar-refractivity contribution in [2.45, 2.75) is 18.0 Å². The summed E-state index contributed by atoms with van der Waals surface area (Å²) < 4.78 is 10.4. The lowest BCUT2D eigenvalue weighted by Crippen LogP contribution is -2.47. The van der Waals surface area contributed by atoms with Crippen LogP contribution in [0.4, 0.5) is 5.69 Å². The van der Waals surface area contributed by atoms with Crippen molar-refractivity contribution in [1.29, 1.82) is 0 Å². The maximum atomic E-state index is 14.2. The van der Waals surface area contributed by atoms with Gasteiger partial charge in [-0.05, 0) is 23.3 Å². The number of nitrogens with zero attached hydrogens (tertiary/aromatic N) is 2. The van der Waals surface area contributed by atoms with Gasteiger partial charge in [-0.25, -0.2) is 0 Å². The molecule has 0 spiro atoms. The maximum Gasteiger partial charge on any atom is 0.269 e. The number of carbonyl (C=O) groups excluding carboxylic acids is 3. The van der Waals surface area contributed by atoms with Crippen molar-refractivity contribution in [2.24, 2.45) is 11.7 Å². The van der Waals surface area contributed by atoms with E-state index in [-0.39, 0.29) is 18.1 Å². The highest BCUT2D eigenvalue weighted by Gasteiger charge is 2.56. The van der Waals surface area contributed by atoms with Gasteiger partial charge in [0, 0.05) is 30.7 Å². The summed E-state index contributed by atoms with van der Waals surface area (Å²) in [5, 5.41) is 11.3. The predicted molar refractivity (Wildman–Crippen MR) is 138 cm³/mol. The summed E-state index contributed by atoms with van der Waals surface area (Å²) in [7, 11) is 2.88. The molecule has 38 heavy (non-hydrogen) atoms. The van der Waals surface area contributed by atoms with Crippen LogP contribution in [0.1, 0.15) is 33.4 Å². The van der Waals surface area contributed by atoms with E-state index < -0.39 is 40.7 Å². The van der Waals surface area contributed by atoms with E-state index in [1.165, 1.54) is 43.4 Å². The third-order valence-corrected chi connectivity index (χ3v) is 6.82. The molecule has 1 aliphatic heterocycles. The van der Waals surface area contributed by atoms with E-state index in [9.17, 15) is 24.5 Å². The number of hydrogen-bond acceptors (Lipinski definition) is 7. The Morgan fingerprint density at radius 2 is 1.53 bits per heavy atom. The van der Waals surface area contributed by atoms with Gasteiger partial charge < -0.3 is 20.1 Å². The van der Waals surface area contributed by atoms with Gasteiger partial charge in [-0.3, -0.25) is 24.5 Å². The molecular formula is C28H27N3O7. The van der Waals surface area contributed by atoms with Crippen LogP contribution in [-0.2, 0) is 14.3 Å². The average Bonchev–Trinajstić information content (AvgIpc) is 3.30. The zero-order valence-corrected chi connectivity index (χ0v) is 20.9. The number of primary amides is 1. The molecule has 2 amide bonds. The molecule has 4 atom stereocenters. The van der Waals surface area contributed by atoms with Gasteiger partial charge in [-0.15, -0.1) is 0 Å². The lowest BCUT2D eigenvalue weighted by atomic mass is 9.76. The summed E-state index contributed by atoms with van der Waals surface area (Å²) in [6.45, 7) is -0.338. The van der Waals surface area contributed by atoms with Gasteiger partial charge in [0.2, 0.25) is 11.8 Å². The highest BCUT2D eigenvalue weighted by Crippen LogP contribution is 2.51. The molecule has 4 rings (SSSR count). The molecule has 0 saturated carbocycles. The summed E-state index contributed by atoms with van der Waals surface area (Å²) in [5.41, 5.74) is 7.22. The lowest BCUT2D eigenvalue weighted by molar-refractivity contribution is -0.384. The van der Waals surface area contributed by atoms with Crippen molar-refractivity contribution >= 4 is 23.3 Å². The Morgan fingerprint density at radius 3 is 2.05 bits per heavy atom. The van der Waals surface area contributed by atoms with Crippen LogP contribution in [0.25, 0.3) is 0 Å². The van der Waals surface area contributed by atoms with E-state index in [0.717, 1.165) is 0 Å². The number of nitro benzene ring substituents is 1. The smallest absolute Gasteiger partial charge is 0.269 e. The number of amides is 2. The summed E-state index contributed by atoms with van der Waals surface area (Å²) in [5.74, 6) is -2.87. The Bertz CT molecular complexity index is 1330. The molecule has 1 heterocycles. The molecule has 0 bridgehead atoms. The Balaban J connectivity index is 1.97. The summed E-state index contributed by atoms with van der Waals surface area (Å²) >= 11 is 0. The maximum absolute atomic E-state index is 14.2. The minimum absolute atomic E-state index is 0.146. The Kier molecular flexibility index (Phi) is 7.82. The second kappa shape index (κ2) is 11.2. The van der Waals surface area contributed by atoms with Crippen molar-refractivity contribution in [3.05, 3.63) is 106 Å². The molecule has 1 aliphatic rings. The molecule has 10 heteroatoms. The Hall–Kier alpha value is -4.57. The average molecular weight is 518 g/mol. The van der Waals surface area contributed by atoms with Gasteiger partial charge in [0.05, 0.1) is 24.0 Å². The first kappa shape index (κ1) is 26.5. The number of carbonyl (C=O) groups is 3. The number of methoxy groups -OCH3 is 2. The topological polar surface area (TPSA) is 142 Å². The van der Waals surface area contributed by atoms with E-state index in [0.29, 0.717) is 22.4 Å². The summed E-state index contributed by atoms with van der Waals surface area (Å²) in [4.78, 5) is 52.7. The van der Waals surface area contributed by atoms with Gasteiger partial charge in [0.15, 0.2) is 5.78 Å². The van der Waals surface area contributed by atoms with Gasteiger partial charge in [-0.2, -0.15) is 0 Å². The van der Waals surface area contributed by atoms with Crippen LogP contribution in [0.15, 0.2) is 78.9 Å². The van der Waals surface area contributed by atoms with E-state index in [1.54, 1.807) is 54.6 Å². The molecule has 4 unspecified atom stereocenters. The summed E-state index contributed by atoms with van der Waals surface area (Å²) in [6, 6.07) is 19.0. The summed E-state index contributed by atoms with van der Waals surface area (Å²) in [6.07, 6.45) is 0. The Labute approximate surface area is 219 Å². The van der Waals surface area contributed by atoms with Crippen LogP contribution in [0.5, 0.6) is 5.75 Å². The number of nitro groups is 1. The fraction of sp³-hybridized carbons (Fsp3) is 0.250. The van der Waals surface area contributed by atoms with Crippen LogP contribution < -0.4 is 10.5 Å². The monoisotopic (exact) mass is 517 g/mol. The number of ketones is 1. The number of benzene rings is 3. The number of likely N-dealkylation sites (tertiary alicyclic amines) is 1. The highest BCUT2D eigenvalue weighted by atomic mass is 16.6. The lowest BCUT2D eigenvalue weighted by Gasteiger charge is -2.30. The predicted octanol–water partition coefficient (Wildman–Crippen LogP) is 3.27. The van der Waals surface area contributed by atoms with Gasteiger partial charge in [0.1, 0.15) is 18.4 Å². The first-order chi connectivity index (χ1) is 18.3. The van der Waals surface area contributed by atoms with Crippen molar-refractivity contribution in [3.63, 3.8) is 0 Å². The van der Waals surface area contributed by atoms with Crippen LogP contribution in [0, 0.1) is 16.0 Å². The van der Waals surface area contributed by atoms with Crippen molar-refractivity contribution in [2.75, 3.05) is 20.8 Å². The standard InChI is InChI=1S/C28H27N3O7/c1-37-16-22(32)30-25(18-10-14-21(38-2)15-11-18)24(27(33)19-6-4-3-5-7-19)23(26(30)28(29)34)17-8-12-20(13-9-17)31(35)36/h3-15,23-26H,16H2,1-2H3,(H2,29,34). The molecule has 0 aromatic heterocycles. The van der Waals surface area contributed by atoms with Gasteiger partial charge >= 0.3 is 0 Å². The quantitative estimate of drug-likeness (QED) is 0.261. The molecule has 3 aromatic rings. The Morgan fingerprint density at radius 1 is 0.921 bits per heavy atom. The number of non-ortho nitro benzene ring substituents is 1. The minimum atomic E-state index is -1.22. The molecule has 196 valence electrons. The number of rotatable bonds is 9. The van der Waals surface area contributed by atoms with Crippen molar-refractivity contribution in [3.8, 4) is 5.75 Å². The van der Waals surface area contributed by atoms with E-state index in [4.69, 9.17) is 15.2 Å². The van der Waals surface area contributed by atoms with Crippen molar-refractivity contribution in [1.82, 2.24) is 4.90 Å². The van der Waals surface area contributed by atoms with Crippen LogP contribution in [0.3, 0.4) is 0 Å². The molecule has 1 saturated heterocycles. The molecule has 10 nitrogen and oxygen atoms in total. The molecule has 0 aliphatic carbocycles.